The maximum absolute atomic E-state index is 4.54. The molecule has 2 atom stereocenters. The smallest absolute Gasteiger partial charge is 0.0624 e. The summed E-state index contributed by atoms with van der Waals surface area (Å²) in [5.74, 6) is 0.516. The molecule has 0 amide bonds. The Morgan fingerprint density at radius 1 is 1.25 bits per heavy atom. The van der Waals surface area contributed by atoms with E-state index in [4.69, 9.17) is 0 Å². The Labute approximate surface area is 122 Å². The number of rotatable bonds is 6. The molecular weight excluding hydrogens is 246 g/mol. The molecule has 2 unspecified atom stereocenters. The van der Waals surface area contributed by atoms with E-state index in [0.717, 1.165) is 12.8 Å². The number of nitrogens with zero attached hydrogens (tertiary/aromatic N) is 2. The summed E-state index contributed by atoms with van der Waals surface area (Å²) in [5, 5.41) is 7.99. The standard InChI is InChI=1S/C17H25N3/c1-5-15-12-16(20(4)19-15)11-13(2)17(18-3)14-9-7-6-8-10-14/h6-10,12-13,17-18H,5,11H2,1-4H3. The predicted octanol–water partition coefficient (Wildman–Crippen LogP) is 3.12. The molecule has 0 fully saturated rings. The summed E-state index contributed by atoms with van der Waals surface area (Å²) in [6.07, 6.45) is 2.03. The van der Waals surface area contributed by atoms with E-state index in [9.17, 15) is 0 Å². The zero-order valence-electron chi connectivity index (χ0n) is 12.9. The molecule has 20 heavy (non-hydrogen) atoms. The van der Waals surface area contributed by atoms with Crippen molar-refractivity contribution in [3.05, 3.63) is 53.3 Å². The zero-order valence-corrected chi connectivity index (χ0v) is 12.9. The number of aromatic nitrogens is 2. The lowest BCUT2D eigenvalue weighted by Crippen LogP contribution is -2.25. The Morgan fingerprint density at radius 3 is 2.50 bits per heavy atom. The molecule has 3 nitrogen and oxygen atoms in total. The van der Waals surface area contributed by atoms with Crippen LogP contribution in [0.25, 0.3) is 0 Å². The van der Waals surface area contributed by atoms with Gasteiger partial charge in [0, 0.05) is 18.8 Å². The van der Waals surface area contributed by atoms with Gasteiger partial charge in [-0.05, 0) is 37.4 Å². The Hall–Kier alpha value is -1.61. The van der Waals surface area contributed by atoms with Gasteiger partial charge in [-0.1, -0.05) is 44.2 Å². The Bertz CT molecular complexity index is 530. The molecule has 108 valence electrons. The highest BCUT2D eigenvalue weighted by Crippen LogP contribution is 2.24. The molecule has 2 aromatic rings. The molecule has 0 saturated heterocycles. The van der Waals surface area contributed by atoms with Gasteiger partial charge in [-0.15, -0.1) is 0 Å². The number of hydrogen-bond acceptors (Lipinski definition) is 2. The van der Waals surface area contributed by atoms with Crippen molar-refractivity contribution < 1.29 is 0 Å². The molecule has 3 heteroatoms. The van der Waals surface area contributed by atoms with Gasteiger partial charge in [0.25, 0.3) is 0 Å². The molecule has 1 aromatic carbocycles. The van der Waals surface area contributed by atoms with E-state index in [1.54, 1.807) is 0 Å². The van der Waals surface area contributed by atoms with Gasteiger partial charge in [-0.25, -0.2) is 0 Å². The van der Waals surface area contributed by atoms with Crippen molar-refractivity contribution in [2.24, 2.45) is 13.0 Å². The highest BCUT2D eigenvalue weighted by molar-refractivity contribution is 5.20. The summed E-state index contributed by atoms with van der Waals surface area (Å²) in [7, 11) is 4.08. The first-order valence-corrected chi connectivity index (χ1v) is 7.39. The second-order valence-corrected chi connectivity index (χ2v) is 5.46. The number of hydrogen-bond donors (Lipinski definition) is 1. The molecule has 0 spiro atoms. The fourth-order valence-electron chi connectivity index (χ4n) is 2.82. The van der Waals surface area contributed by atoms with E-state index in [1.807, 2.05) is 18.8 Å². The lowest BCUT2D eigenvalue weighted by Gasteiger charge is -2.24. The molecule has 0 saturated carbocycles. The predicted molar refractivity (Wildman–Crippen MR) is 83.7 cm³/mol. The van der Waals surface area contributed by atoms with Crippen molar-refractivity contribution in [1.29, 1.82) is 0 Å². The minimum absolute atomic E-state index is 0.371. The quantitative estimate of drug-likeness (QED) is 0.875. The van der Waals surface area contributed by atoms with Crippen LogP contribution in [0.5, 0.6) is 0 Å². The maximum Gasteiger partial charge on any atom is 0.0624 e. The summed E-state index contributed by atoms with van der Waals surface area (Å²) in [6, 6.07) is 13.3. The number of nitrogens with one attached hydrogen (secondary N) is 1. The van der Waals surface area contributed by atoms with E-state index in [0.29, 0.717) is 12.0 Å². The summed E-state index contributed by atoms with van der Waals surface area (Å²) >= 11 is 0. The van der Waals surface area contributed by atoms with Crippen molar-refractivity contribution in [2.75, 3.05) is 7.05 Å². The first-order chi connectivity index (χ1) is 9.65. The van der Waals surface area contributed by atoms with Crippen molar-refractivity contribution >= 4 is 0 Å². The third-order valence-corrected chi connectivity index (χ3v) is 3.96. The topological polar surface area (TPSA) is 29.9 Å². The minimum Gasteiger partial charge on any atom is -0.313 e. The number of benzene rings is 1. The second kappa shape index (κ2) is 6.71. The van der Waals surface area contributed by atoms with Gasteiger partial charge in [0.1, 0.15) is 0 Å². The largest absolute Gasteiger partial charge is 0.313 e. The van der Waals surface area contributed by atoms with Gasteiger partial charge < -0.3 is 5.32 Å². The van der Waals surface area contributed by atoms with Gasteiger partial charge in [0.2, 0.25) is 0 Å². The second-order valence-electron chi connectivity index (χ2n) is 5.46. The van der Waals surface area contributed by atoms with Crippen molar-refractivity contribution in [3.8, 4) is 0 Å². The lowest BCUT2D eigenvalue weighted by molar-refractivity contribution is 0.400. The average molecular weight is 271 g/mol. The van der Waals surface area contributed by atoms with Gasteiger partial charge in [-0.2, -0.15) is 5.10 Å². The third kappa shape index (κ3) is 3.28. The highest BCUT2D eigenvalue weighted by Gasteiger charge is 2.19. The summed E-state index contributed by atoms with van der Waals surface area (Å²) in [5.41, 5.74) is 3.83. The first-order valence-electron chi connectivity index (χ1n) is 7.39. The Balaban J connectivity index is 2.13. The molecular formula is C17H25N3. The summed E-state index contributed by atoms with van der Waals surface area (Å²) < 4.78 is 2.02. The fourth-order valence-corrected chi connectivity index (χ4v) is 2.82. The molecule has 2 rings (SSSR count). The van der Waals surface area contributed by atoms with Crippen LogP contribution in [-0.4, -0.2) is 16.8 Å². The molecule has 1 N–H and O–H groups in total. The van der Waals surface area contributed by atoms with Gasteiger partial charge in [-0.3, -0.25) is 4.68 Å². The molecule has 0 radical (unpaired) electrons. The fraction of sp³-hybridized carbons (Fsp3) is 0.471. The van der Waals surface area contributed by atoms with Gasteiger partial charge in [0.05, 0.1) is 5.69 Å². The Morgan fingerprint density at radius 2 is 1.95 bits per heavy atom. The maximum atomic E-state index is 4.54. The summed E-state index contributed by atoms with van der Waals surface area (Å²) in [6.45, 7) is 4.45. The van der Waals surface area contributed by atoms with Crippen LogP contribution in [0.1, 0.15) is 36.8 Å². The van der Waals surface area contributed by atoms with Crippen LogP contribution < -0.4 is 5.32 Å². The van der Waals surface area contributed by atoms with E-state index in [-0.39, 0.29) is 0 Å². The van der Waals surface area contributed by atoms with Crippen LogP contribution in [0.3, 0.4) is 0 Å². The minimum atomic E-state index is 0.371. The highest BCUT2D eigenvalue weighted by atomic mass is 15.3. The van der Waals surface area contributed by atoms with E-state index >= 15 is 0 Å². The van der Waals surface area contributed by atoms with E-state index in [2.05, 4.69) is 60.7 Å². The van der Waals surface area contributed by atoms with Crippen LogP contribution in [-0.2, 0) is 19.9 Å². The molecule has 0 bridgehead atoms. The molecule has 1 heterocycles. The van der Waals surface area contributed by atoms with E-state index in [1.165, 1.54) is 17.0 Å². The molecule has 0 aliphatic carbocycles. The van der Waals surface area contributed by atoms with Gasteiger partial charge >= 0.3 is 0 Å². The molecule has 0 aliphatic rings. The summed E-state index contributed by atoms with van der Waals surface area (Å²) in [4.78, 5) is 0. The molecule has 0 aliphatic heterocycles. The van der Waals surface area contributed by atoms with Crippen molar-refractivity contribution in [1.82, 2.24) is 15.1 Å². The monoisotopic (exact) mass is 271 g/mol. The van der Waals surface area contributed by atoms with Crippen molar-refractivity contribution in [3.63, 3.8) is 0 Å². The lowest BCUT2D eigenvalue weighted by atomic mass is 9.91. The van der Waals surface area contributed by atoms with Crippen LogP contribution in [0.4, 0.5) is 0 Å². The van der Waals surface area contributed by atoms with E-state index < -0.39 is 0 Å². The van der Waals surface area contributed by atoms with Crippen LogP contribution in [0.2, 0.25) is 0 Å². The number of aryl methyl sites for hydroxylation is 2. The first kappa shape index (κ1) is 14.8. The SMILES string of the molecule is CCc1cc(CC(C)C(NC)c2ccccc2)n(C)n1. The van der Waals surface area contributed by atoms with Crippen molar-refractivity contribution in [2.45, 2.75) is 32.7 Å². The zero-order chi connectivity index (χ0) is 14.5. The van der Waals surface area contributed by atoms with Crippen LogP contribution in [0, 0.1) is 5.92 Å². The Kier molecular flexibility index (Phi) is 4.96. The normalized spacial score (nSPS) is 14.2. The molecule has 1 aromatic heterocycles. The average Bonchev–Trinajstić information content (AvgIpc) is 2.81. The third-order valence-electron chi connectivity index (χ3n) is 3.96. The van der Waals surface area contributed by atoms with Crippen LogP contribution in [0.15, 0.2) is 36.4 Å². The van der Waals surface area contributed by atoms with Gasteiger partial charge in [0.15, 0.2) is 0 Å². The van der Waals surface area contributed by atoms with Crippen LogP contribution >= 0.6 is 0 Å².